The Kier molecular flexibility index (Phi) is 8.28. The van der Waals surface area contributed by atoms with Gasteiger partial charge >= 0.3 is 0 Å². The van der Waals surface area contributed by atoms with Crippen LogP contribution < -0.4 is 11.1 Å². The molecule has 0 radical (unpaired) electrons. The Morgan fingerprint density at radius 1 is 1.14 bits per heavy atom. The minimum atomic E-state index is 0. The maximum atomic E-state index is 12.8. The molecule has 28 heavy (non-hydrogen) atoms. The molecule has 0 aliphatic heterocycles. The summed E-state index contributed by atoms with van der Waals surface area (Å²) >= 11 is 0. The molecule has 154 valence electrons. The molecule has 2 aromatic rings. The zero-order valence-electron chi connectivity index (χ0n) is 15.9. The molecule has 0 spiro atoms. The molecule has 2 fully saturated rings. The quantitative estimate of drug-likeness (QED) is 0.770. The molecule has 1 amide bonds. The summed E-state index contributed by atoms with van der Waals surface area (Å²) in [7, 11) is 0. The summed E-state index contributed by atoms with van der Waals surface area (Å²) in [5.41, 5.74) is 8.63. The number of nitrogens with two attached hydrogens (primary N) is 1. The second-order valence-corrected chi connectivity index (χ2v) is 7.78. The third kappa shape index (κ3) is 5.04. The van der Waals surface area contributed by atoms with Gasteiger partial charge in [-0.25, -0.2) is 9.67 Å². The fourth-order valence-corrected chi connectivity index (χ4v) is 4.70. The van der Waals surface area contributed by atoms with Crippen LogP contribution in [0.3, 0.4) is 0 Å². The number of benzene rings is 1. The molecule has 2 atom stereocenters. The van der Waals surface area contributed by atoms with E-state index in [-0.39, 0.29) is 36.6 Å². The number of rotatable bonds is 5. The maximum Gasteiger partial charge on any atom is 0.223 e. The van der Waals surface area contributed by atoms with Gasteiger partial charge in [-0.2, -0.15) is 5.10 Å². The predicted octanol–water partition coefficient (Wildman–Crippen LogP) is 2.94. The van der Waals surface area contributed by atoms with E-state index < -0.39 is 0 Å². The van der Waals surface area contributed by atoms with Crippen molar-refractivity contribution in [2.24, 2.45) is 23.5 Å². The van der Waals surface area contributed by atoms with Crippen LogP contribution in [0.2, 0.25) is 0 Å². The highest BCUT2D eigenvalue weighted by molar-refractivity contribution is 5.85. The second kappa shape index (κ2) is 10.2. The van der Waals surface area contributed by atoms with Crippen LogP contribution in [0, 0.1) is 17.8 Å². The lowest BCUT2D eigenvalue weighted by Crippen LogP contribution is -2.49. The molecule has 6 nitrogen and oxygen atoms in total. The average Bonchev–Trinajstić information content (AvgIpc) is 3.13. The first-order chi connectivity index (χ1) is 12.7. The van der Waals surface area contributed by atoms with Gasteiger partial charge in [0.05, 0.1) is 6.54 Å². The normalized spacial score (nSPS) is 25.9. The Balaban J connectivity index is 0.00000140. The van der Waals surface area contributed by atoms with Crippen LogP contribution in [0.1, 0.15) is 43.2 Å². The van der Waals surface area contributed by atoms with Gasteiger partial charge in [0.1, 0.15) is 12.7 Å². The van der Waals surface area contributed by atoms with Crippen LogP contribution in [-0.2, 0) is 17.9 Å². The van der Waals surface area contributed by atoms with Gasteiger partial charge in [0.2, 0.25) is 5.91 Å². The van der Waals surface area contributed by atoms with E-state index in [0.717, 1.165) is 24.0 Å². The zero-order chi connectivity index (χ0) is 17.9. The minimum Gasteiger partial charge on any atom is -0.352 e. The van der Waals surface area contributed by atoms with E-state index in [2.05, 4.69) is 27.5 Å². The first-order valence-corrected chi connectivity index (χ1v) is 9.63. The van der Waals surface area contributed by atoms with E-state index in [4.69, 9.17) is 5.73 Å². The fraction of sp³-hybridized carbons (Fsp3) is 0.550. The third-order valence-corrected chi connectivity index (χ3v) is 6.15. The van der Waals surface area contributed by atoms with E-state index in [9.17, 15) is 4.79 Å². The molecular weight excluding hydrogens is 397 g/mol. The van der Waals surface area contributed by atoms with E-state index in [0.29, 0.717) is 31.0 Å². The van der Waals surface area contributed by atoms with Crippen molar-refractivity contribution >= 4 is 30.7 Å². The van der Waals surface area contributed by atoms with Gasteiger partial charge in [-0.15, -0.1) is 24.8 Å². The third-order valence-electron chi connectivity index (χ3n) is 6.15. The molecule has 2 bridgehead atoms. The van der Waals surface area contributed by atoms with Crippen molar-refractivity contribution in [3.8, 4) is 0 Å². The highest BCUT2D eigenvalue weighted by atomic mass is 35.5. The number of nitrogens with zero attached hydrogens (tertiary/aromatic N) is 3. The molecule has 1 heterocycles. The van der Waals surface area contributed by atoms with Crippen molar-refractivity contribution in [3.63, 3.8) is 0 Å². The molecule has 4 rings (SSSR count). The lowest BCUT2D eigenvalue weighted by atomic mass is 9.65. The van der Waals surface area contributed by atoms with Crippen LogP contribution in [0.5, 0.6) is 0 Å². The molecule has 0 saturated heterocycles. The van der Waals surface area contributed by atoms with E-state index in [1.807, 2.05) is 12.1 Å². The average molecular weight is 426 g/mol. The van der Waals surface area contributed by atoms with Gasteiger partial charge in [0.15, 0.2) is 0 Å². The molecule has 2 saturated carbocycles. The predicted molar refractivity (Wildman–Crippen MR) is 113 cm³/mol. The summed E-state index contributed by atoms with van der Waals surface area (Å²) in [6, 6.07) is 8.47. The highest BCUT2D eigenvalue weighted by Crippen LogP contribution is 2.41. The zero-order valence-corrected chi connectivity index (χ0v) is 17.5. The Hall–Kier alpha value is -1.63. The number of nitrogens with one attached hydrogen (secondary N) is 1. The van der Waals surface area contributed by atoms with Crippen LogP contribution in [0.4, 0.5) is 0 Å². The summed E-state index contributed by atoms with van der Waals surface area (Å²) in [4.78, 5) is 16.7. The Labute approximate surface area is 178 Å². The molecule has 2 aliphatic rings. The van der Waals surface area contributed by atoms with E-state index in [1.165, 1.54) is 25.6 Å². The van der Waals surface area contributed by atoms with Crippen molar-refractivity contribution < 1.29 is 4.79 Å². The standard InChI is InChI=1S/C20H27N5O.2ClH/c21-19-14-6-3-7-15(19)9-18(8-14)20(26)23-10-16-4-1-2-5-17(16)11-25-13-22-12-24-25;;/h1-2,4-5,12-15,18-19H,3,6-11,21H2,(H,23,26);2*1H. The molecule has 3 N–H and O–H groups in total. The summed E-state index contributed by atoms with van der Waals surface area (Å²) < 4.78 is 1.80. The van der Waals surface area contributed by atoms with E-state index >= 15 is 0 Å². The van der Waals surface area contributed by atoms with E-state index in [1.54, 1.807) is 11.0 Å². The van der Waals surface area contributed by atoms with Crippen LogP contribution in [0.25, 0.3) is 0 Å². The van der Waals surface area contributed by atoms with Crippen molar-refractivity contribution in [1.82, 2.24) is 20.1 Å². The number of aromatic nitrogens is 3. The number of amides is 1. The molecule has 2 aliphatic carbocycles. The molecular formula is C20H29Cl2N5O. The molecule has 2 unspecified atom stereocenters. The van der Waals surface area contributed by atoms with Crippen molar-refractivity contribution in [2.75, 3.05) is 0 Å². The molecule has 1 aromatic carbocycles. The topological polar surface area (TPSA) is 85.8 Å². The molecule has 1 aromatic heterocycles. The summed E-state index contributed by atoms with van der Waals surface area (Å²) in [6.07, 6.45) is 8.78. The van der Waals surface area contributed by atoms with Gasteiger partial charge in [-0.3, -0.25) is 4.79 Å². The highest BCUT2D eigenvalue weighted by Gasteiger charge is 2.40. The number of halogens is 2. The van der Waals surface area contributed by atoms with Gasteiger partial charge in [0.25, 0.3) is 0 Å². The summed E-state index contributed by atoms with van der Waals surface area (Å²) in [5, 5.41) is 7.33. The number of fused-ring (bicyclic) bond motifs is 2. The van der Waals surface area contributed by atoms with Gasteiger partial charge in [-0.05, 0) is 48.6 Å². The first-order valence-electron chi connectivity index (χ1n) is 9.63. The lowest BCUT2D eigenvalue weighted by Gasteiger charge is -2.43. The molecule has 8 heteroatoms. The van der Waals surface area contributed by atoms with Gasteiger partial charge in [-0.1, -0.05) is 30.7 Å². The van der Waals surface area contributed by atoms with Crippen molar-refractivity contribution in [1.29, 1.82) is 0 Å². The lowest BCUT2D eigenvalue weighted by molar-refractivity contribution is -0.128. The minimum absolute atomic E-state index is 0. The fourth-order valence-electron chi connectivity index (χ4n) is 4.70. The number of carbonyl (C=O) groups excluding carboxylic acids is 1. The Morgan fingerprint density at radius 2 is 1.82 bits per heavy atom. The van der Waals surface area contributed by atoms with Gasteiger partial charge < -0.3 is 11.1 Å². The van der Waals surface area contributed by atoms with Crippen molar-refractivity contribution in [3.05, 3.63) is 48.0 Å². The monoisotopic (exact) mass is 425 g/mol. The second-order valence-electron chi connectivity index (χ2n) is 7.78. The van der Waals surface area contributed by atoms with Gasteiger partial charge in [0, 0.05) is 18.5 Å². The summed E-state index contributed by atoms with van der Waals surface area (Å²) in [5.74, 6) is 1.35. The smallest absolute Gasteiger partial charge is 0.223 e. The Morgan fingerprint density at radius 3 is 2.46 bits per heavy atom. The van der Waals surface area contributed by atoms with Crippen LogP contribution in [0.15, 0.2) is 36.9 Å². The number of carbonyl (C=O) groups is 1. The SMILES string of the molecule is Cl.Cl.NC1C2CCCC1CC(C(=O)NCc1ccccc1Cn1cncn1)C2. The van der Waals surface area contributed by atoms with Crippen molar-refractivity contribution in [2.45, 2.75) is 51.2 Å². The summed E-state index contributed by atoms with van der Waals surface area (Å²) in [6.45, 7) is 1.22. The largest absolute Gasteiger partial charge is 0.352 e. The number of hydrogen-bond acceptors (Lipinski definition) is 4. The first kappa shape index (κ1) is 22.7. The number of hydrogen-bond donors (Lipinski definition) is 2. The Bertz CT molecular complexity index is 741. The maximum absolute atomic E-state index is 12.8. The van der Waals surface area contributed by atoms with Crippen LogP contribution >= 0.6 is 24.8 Å². The van der Waals surface area contributed by atoms with Crippen LogP contribution in [-0.4, -0.2) is 26.7 Å².